The Morgan fingerprint density at radius 1 is 1.11 bits per heavy atom. The van der Waals surface area contributed by atoms with Gasteiger partial charge in [0.15, 0.2) is 0 Å². The lowest BCUT2D eigenvalue weighted by Gasteiger charge is -2.18. The average molecular weight is 302 g/mol. The Hall–Kier alpha value is -1.37. The molecule has 19 heavy (non-hydrogen) atoms. The van der Waals surface area contributed by atoms with Gasteiger partial charge in [0.25, 0.3) is 5.91 Å². The van der Waals surface area contributed by atoms with Gasteiger partial charge in [-0.3, -0.25) is 4.79 Å². The first-order valence-corrected chi connectivity index (χ1v) is 5.49. The lowest BCUT2D eigenvalue weighted by atomic mass is 10.1. The van der Waals surface area contributed by atoms with Gasteiger partial charge in [-0.15, -0.1) is 0 Å². The van der Waals surface area contributed by atoms with Crippen molar-refractivity contribution in [2.45, 2.75) is 18.5 Å². The third-order valence-electron chi connectivity index (χ3n) is 2.25. The van der Waals surface area contributed by atoms with Crippen molar-refractivity contribution in [2.75, 3.05) is 6.54 Å². The number of amides is 1. The Bertz CT molecular complexity index is 443. The van der Waals surface area contributed by atoms with Crippen molar-refractivity contribution in [3.63, 3.8) is 0 Å². The lowest BCUT2D eigenvalue weighted by molar-refractivity contribution is -0.269. The second-order valence-electron chi connectivity index (χ2n) is 3.70. The smallest absolute Gasteiger partial charge is 0.350 e. The molecule has 0 aliphatic heterocycles. The van der Waals surface area contributed by atoms with Crippen LogP contribution in [0, 0.1) is 0 Å². The van der Waals surface area contributed by atoms with Gasteiger partial charge in [-0.05, 0) is 24.1 Å². The summed E-state index contributed by atoms with van der Waals surface area (Å²) in [6.07, 6.45) is -5.77. The van der Waals surface area contributed by atoms with Crippen LogP contribution in [0.3, 0.4) is 0 Å². The molecule has 0 spiro atoms. The Kier molecular flexibility index (Phi) is 4.73. The molecule has 0 aromatic heterocycles. The first-order chi connectivity index (χ1) is 8.64. The molecule has 2 nitrogen and oxygen atoms in total. The Morgan fingerprint density at radius 3 is 2.11 bits per heavy atom. The third-order valence-corrected chi connectivity index (χ3v) is 2.51. The quantitative estimate of drug-likeness (QED) is 0.850. The summed E-state index contributed by atoms with van der Waals surface area (Å²) >= 11 is 5.61. The number of carbonyl (C=O) groups is 1. The number of benzene rings is 1. The monoisotopic (exact) mass is 301 g/mol. The third kappa shape index (κ3) is 4.05. The maximum Gasteiger partial charge on any atom is 0.463 e. The molecule has 0 atom stereocenters. The molecule has 1 aromatic rings. The molecule has 1 amide bonds. The van der Waals surface area contributed by atoms with Crippen LogP contribution in [0.2, 0.25) is 5.02 Å². The van der Waals surface area contributed by atoms with Crippen LogP contribution < -0.4 is 5.32 Å². The predicted octanol–water partition coefficient (Wildman–Crippen LogP) is 3.20. The number of hydrogen-bond donors (Lipinski definition) is 1. The fraction of sp³-hybridized carbons (Fsp3) is 0.364. The van der Waals surface area contributed by atoms with Gasteiger partial charge in [-0.1, -0.05) is 23.7 Å². The van der Waals surface area contributed by atoms with Crippen molar-refractivity contribution in [3.8, 4) is 0 Å². The van der Waals surface area contributed by atoms with Gasteiger partial charge in [0, 0.05) is 11.6 Å². The zero-order chi connectivity index (χ0) is 14.7. The lowest BCUT2D eigenvalue weighted by Crippen LogP contribution is -2.50. The van der Waals surface area contributed by atoms with Gasteiger partial charge in [0.2, 0.25) is 0 Å². The molecule has 1 rings (SSSR count). The molecule has 1 N–H and O–H groups in total. The molecule has 8 heteroatoms. The number of alkyl halides is 5. The van der Waals surface area contributed by atoms with E-state index in [1.165, 1.54) is 0 Å². The summed E-state index contributed by atoms with van der Waals surface area (Å²) in [5, 5.41) is 2.02. The molecular weight excluding hydrogens is 293 g/mol. The fourth-order valence-corrected chi connectivity index (χ4v) is 1.34. The summed E-state index contributed by atoms with van der Waals surface area (Å²) in [7, 11) is 0. The van der Waals surface area contributed by atoms with Crippen molar-refractivity contribution in [1.82, 2.24) is 5.32 Å². The van der Waals surface area contributed by atoms with Gasteiger partial charge >= 0.3 is 12.1 Å². The van der Waals surface area contributed by atoms with E-state index in [2.05, 4.69) is 0 Å². The van der Waals surface area contributed by atoms with Crippen LogP contribution in [0.25, 0.3) is 0 Å². The van der Waals surface area contributed by atoms with Crippen molar-refractivity contribution < 1.29 is 26.7 Å². The molecule has 0 aliphatic carbocycles. The van der Waals surface area contributed by atoms with Crippen LogP contribution in [0.15, 0.2) is 24.3 Å². The zero-order valence-electron chi connectivity index (χ0n) is 9.40. The molecular formula is C11H9ClF5NO. The Balaban J connectivity index is 2.49. The predicted molar refractivity (Wildman–Crippen MR) is 59.2 cm³/mol. The number of hydrogen-bond acceptors (Lipinski definition) is 1. The molecule has 0 radical (unpaired) electrons. The minimum atomic E-state index is -5.89. The van der Waals surface area contributed by atoms with Crippen molar-refractivity contribution in [3.05, 3.63) is 34.9 Å². The molecule has 0 saturated heterocycles. The van der Waals surface area contributed by atoms with Crippen molar-refractivity contribution >= 4 is 17.5 Å². The minimum absolute atomic E-state index is 0.122. The van der Waals surface area contributed by atoms with Crippen LogP contribution in [0.5, 0.6) is 0 Å². The van der Waals surface area contributed by atoms with Gasteiger partial charge in [-0.2, -0.15) is 22.0 Å². The van der Waals surface area contributed by atoms with E-state index < -0.39 is 18.0 Å². The van der Waals surface area contributed by atoms with Crippen LogP contribution in [-0.2, 0) is 11.2 Å². The van der Waals surface area contributed by atoms with E-state index in [-0.39, 0.29) is 13.0 Å². The molecule has 0 heterocycles. The van der Waals surface area contributed by atoms with Crippen LogP contribution in [0.1, 0.15) is 5.56 Å². The standard InChI is InChI=1S/C11H9ClF5NO/c12-8-3-1-7(2-4-8)5-6-18-9(19)10(13,14)11(15,16)17/h1-4H,5-6H2,(H,18,19). The summed E-state index contributed by atoms with van der Waals surface area (Å²) in [5.41, 5.74) is 0.653. The summed E-state index contributed by atoms with van der Waals surface area (Å²) in [5.74, 6) is -7.73. The van der Waals surface area contributed by atoms with E-state index in [0.717, 1.165) is 0 Å². The van der Waals surface area contributed by atoms with E-state index >= 15 is 0 Å². The highest BCUT2D eigenvalue weighted by Gasteiger charge is 2.63. The highest BCUT2D eigenvalue weighted by molar-refractivity contribution is 6.30. The van der Waals surface area contributed by atoms with Crippen LogP contribution in [0.4, 0.5) is 22.0 Å². The highest BCUT2D eigenvalue weighted by atomic mass is 35.5. The Morgan fingerprint density at radius 2 is 1.63 bits per heavy atom. The summed E-state index contributed by atoms with van der Waals surface area (Å²) < 4.78 is 60.7. The van der Waals surface area contributed by atoms with Gasteiger partial charge in [0.1, 0.15) is 0 Å². The van der Waals surface area contributed by atoms with Gasteiger partial charge in [0.05, 0.1) is 0 Å². The van der Waals surface area contributed by atoms with Crippen molar-refractivity contribution in [1.29, 1.82) is 0 Å². The maximum absolute atomic E-state index is 12.5. The molecule has 0 fully saturated rings. The topological polar surface area (TPSA) is 29.1 Å². The average Bonchev–Trinajstić information content (AvgIpc) is 2.30. The number of carbonyl (C=O) groups excluding carboxylic acids is 1. The molecule has 0 unspecified atom stereocenters. The van der Waals surface area contributed by atoms with Crippen LogP contribution in [-0.4, -0.2) is 24.6 Å². The second kappa shape index (κ2) is 5.73. The highest BCUT2D eigenvalue weighted by Crippen LogP contribution is 2.35. The van der Waals surface area contributed by atoms with E-state index in [1.54, 1.807) is 29.6 Å². The largest absolute Gasteiger partial charge is 0.463 e. The molecule has 0 aliphatic rings. The zero-order valence-corrected chi connectivity index (χ0v) is 10.2. The van der Waals surface area contributed by atoms with Gasteiger partial charge in [-0.25, -0.2) is 0 Å². The minimum Gasteiger partial charge on any atom is -0.350 e. The van der Waals surface area contributed by atoms with E-state index in [4.69, 9.17) is 11.6 Å². The molecule has 106 valence electrons. The fourth-order valence-electron chi connectivity index (χ4n) is 1.21. The van der Waals surface area contributed by atoms with E-state index in [9.17, 15) is 26.7 Å². The molecule has 0 saturated carbocycles. The normalized spacial score (nSPS) is 12.3. The van der Waals surface area contributed by atoms with E-state index in [1.807, 2.05) is 0 Å². The first-order valence-electron chi connectivity index (χ1n) is 5.12. The van der Waals surface area contributed by atoms with Gasteiger partial charge < -0.3 is 5.32 Å². The maximum atomic E-state index is 12.5. The van der Waals surface area contributed by atoms with Crippen LogP contribution >= 0.6 is 11.6 Å². The summed E-state index contributed by atoms with van der Waals surface area (Å²) in [4.78, 5) is 10.8. The molecule has 1 aromatic carbocycles. The second-order valence-corrected chi connectivity index (χ2v) is 4.14. The first kappa shape index (κ1) is 15.7. The molecule has 0 bridgehead atoms. The van der Waals surface area contributed by atoms with Crippen molar-refractivity contribution in [2.24, 2.45) is 0 Å². The summed E-state index contributed by atoms with van der Waals surface area (Å²) in [6, 6.07) is 6.25. The Labute approximate surface area is 110 Å². The summed E-state index contributed by atoms with van der Waals surface area (Å²) in [6.45, 7) is -0.327. The van der Waals surface area contributed by atoms with E-state index in [0.29, 0.717) is 10.6 Å². The SMILES string of the molecule is O=C(NCCc1ccc(Cl)cc1)C(F)(F)C(F)(F)F. The number of rotatable bonds is 4. The number of halogens is 6. The number of nitrogens with one attached hydrogen (secondary N) is 1.